The lowest BCUT2D eigenvalue weighted by atomic mass is 9.86. The number of nitrogens with zero attached hydrogens (tertiary/aromatic N) is 3. The maximum Gasteiger partial charge on any atom is 0.137 e. The highest BCUT2D eigenvalue weighted by Crippen LogP contribution is 2.41. The highest BCUT2D eigenvalue weighted by molar-refractivity contribution is 7.19. The van der Waals surface area contributed by atoms with Crippen LogP contribution in [0, 0.1) is 5.82 Å². The molecule has 5 heteroatoms. The van der Waals surface area contributed by atoms with E-state index in [1.54, 1.807) is 29.9 Å². The highest BCUT2D eigenvalue weighted by Gasteiger charge is 2.29. The molecule has 27 heavy (non-hydrogen) atoms. The lowest BCUT2D eigenvalue weighted by molar-refractivity contribution is 0.290. The molecule has 2 aromatic heterocycles. The lowest BCUT2D eigenvalue weighted by Crippen LogP contribution is -2.31. The van der Waals surface area contributed by atoms with Gasteiger partial charge in [0.2, 0.25) is 0 Å². The van der Waals surface area contributed by atoms with Crippen LogP contribution in [0.3, 0.4) is 0 Å². The average Bonchev–Trinajstić information content (AvgIpc) is 3.13. The minimum atomic E-state index is -0.175. The van der Waals surface area contributed by atoms with Crippen molar-refractivity contribution in [2.45, 2.75) is 12.5 Å². The molecular weight excluding hydrogens is 357 g/mol. The molecule has 0 amide bonds. The summed E-state index contributed by atoms with van der Waals surface area (Å²) in [5.74, 6) is 0.00668. The second kappa shape index (κ2) is 6.51. The largest absolute Gasteiger partial charge is 0.301 e. The minimum Gasteiger partial charge on any atom is -0.301 e. The van der Waals surface area contributed by atoms with Gasteiger partial charge >= 0.3 is 0 Å². The van der Waals surface area contributed by atoms with Crippen LogP contribution in [0.5, 0.6) is 0 Å². The molecule has 1 aliphatic rings. The summed E-state index contributed by atoms with van der Waals surface area (Å²) >= 11 is 1.80. The van der Waals surface area contributed by atoms with Crippen molar-refractivity contribution in [3.05, 3.63) is 82.9 Å². The van der Waals surface area contributed by atoms with Crippen molar-refractivity contribution in [3.8, 4) is 11.3 Å². The Labute approximate surface area is 161 Å². The third kappa shape index (κ3) is 2.83. The molecule has 0 radical (unpaired) electrons. The minimum absolute atomic E-state index is 0.175. The summed E-state index contributed by atoms with van der Waals surface area (Å²) in [6.45, 7) is 1.50. The van der Waals surface area contributed by atoms with E-state index in [1.165, 1.54) is 15.0 Å². The van der Waals surface area contributed by atoms with Crippen molar-refractivity contribution in [2.24, 2.45) is 0 Å². The maximum absolute atomic E-state index is 15.4. The lowest BCUT2D eigenvalue weighted by Gasteiger charge is -2.32. The van der Waals surface area contributed by atoms with E-state index < -0.39 is 0 Å². The zero-order valence-electron chi connectivity index (χ0n) is 14.9. The Hall–Kier alpha value is -2.63. The van der Waals surface area contributed by atoms with Crippen LogP contribution in [-0.2, 0) is 6.54 Å². The van der Waals surface area contributed by atoms with Gasteiger partial charge in [-0.3, -0.25) is 9.97 Å². The van der Waals surface area contributed by atoms with E-state index in [0.29, 0.717) is 17.8 Å². The molecular formula is C22H18FN3S. The summed E-state index contributed by atoms with van der Waals surface area (Å²) in [6.07, 6.45) is 4.81. The van der Waals surface area contributed by atoms with Crippen molar-refractivity contribution in [1.82, 2.24) is 14.9 Å². The van der Waals surface area contributed by atoms with Gasteiger partial charge in [0.25, 0.3) is 0 Å². The van der Waals surface area contributed by atoms with Gasteiger partial charge in [0, 0.05) is 52.1 Å². The van der Waals surface area contributed by atoms with Crippen LogP contribution in [-0.4, -0.2) is 28.5 Å². The van der Waals surface area contributed by atoms with Crippen molar-refractivity contribution in [3.63, 3.8) is 0 Å². The predicted molar refractivity (Wildman–Crippen MR) is 107 cm³/mol. The van der Waals surface area contributed by atoms with Crippen LogP contribution in [0.4, 0.5) is 4.39 Å². The number of rotatable bonds is 2. The van der Waals surface area contributed by atoms with Crippen LogP contribution in [0.15, 0.2) is 61.1 Å². The Bertz CT molecular complexity index is 1090. The van der Waals surface area contributed by atoms with Crippen LogP contribution in [0.25, 0.3) is 21.3 Å². The molecule has 4 aromatic rings. The van der Waals surface area contributed by atoms with Crippen molar-refractivity contribution < 1.29 is 4.39 Å². The number of halogens is 1. The molecule has 3 heterocycles. The third-order valence-electron chi connectivity index (χ3n) is 5.20. The quantitative estimate of drug-likeness (QED) is 0.489. The zero-order chi connectivity index (χ0) is 18.4. The van der Waals surface area contributed by atoms with Crippen molar-refractivity contribution >= 4 is 21.4 Å². The van der Waals surface area contributed by atoms with Gasteiger partial charge in [-0.25, -0.2) is 4.39 Å². The third-order valence-corrected chi connectivity index (χ3v) is 6.43. The monoisotopic (exact) mass is 375 g/mol. The van der Waals surface area contributed by atoms with Crippen LogP contribution >= 0.6 is 11.3 Å². The van der Waals surface area contributed by atoms with Crippen LogP contribution < -0.4 is 0 Å². The van der Waals surface area contributed by atoms with E-state index in [2.05, 4.69) is 58.3 Å². The molecule has 1 unspecified atom stereocenters. The van der Waals surface area contributed by atoms with E-state index >= 15 is 4.39 Å². The Morgan fingerprint density at radius 2 is 2.04 bits per heavy atom. The molecule has 1 aliphatic heterocycles. The van der Waals surface area contributed by atoms with Gasteiger partial charge in [0.15, 0.2) is 0 Å². The van der Waals surface area contributed by atoms with Crippen molar-refractivity contribution in [1.29, 1.82) is 0 Å². The predicted octanol–water partition coefficient (Wildman–Crippen LogP) is 5.07. The van der Waals surface area contributed by atoms with Gasteiger partial charge in [-0.15, -0.1) is 11.3 Å². The standard InChI is InChI=1S/C22H18FN3S/c1-26-12-17(21-10-14-4-2-3-5-20(14)27-21)15-6-7-16(22(23)18(15)13-26)19-11-24-8-9-25-19/h2-11,17H,12-13H2,1H3. The van der Waals surface area contributed by atoms with Gasteiger partial charge < -0.3 is 4.90 Å². The molecule has 1 atom stereocenters. The Morgan fingerprint density at radius 3 is 2.85 bits per heavy atom. The fourth-order valence-corrected chi connectivity index (χ4v) is 5.10. The van der Waals surface area contributed by atoms with Crippen molar-refractivity contribution in [2.75, 3.05) is 13.6 Å². The van der Waals surface area contributed by atoms with E-state index in [0.717, 1.165) is 17.7 Å². The van der Waals surface area contributed by atoms with Gasteiger partial charge in [-0.2, -0.15) is 0 Å². The average molecular weight is 375 g/mol. The first-order valence-corrected chi connectivity index (χ1v) is 9.77. The molecule has 0 fully saturated rings. The Balaban J connectivity index is 1.64. The van der Waals surface area contributed by atoms with Crippen LogP contribution in [0.1, 0.15) is 21.9 Å². The first-order chi connectivity index (χ1) is 13.2. The number of hydrogen-bond donors (Lipinski definition) is 0. The fourth-order valence-electron chi connectivity index (χ4n) is 3.92. The summed E-state index contributed by atoms with van der Waals surface area (Å²) < 4.78 is 16.7. The smallest absolute Gasteiger partial charge is 0.137 e. The van der Waals surface area contributed by atoms with Gasteiger partial charge in [-0.1, -0.05) is 24.3 Å². The Kier molecular flexibility index (Phi) is 3.99. The maximum atomic E-state index is 15.4. The summed E-state index contributed by atoms with van der Waals surface area (Å²) in [5.41, 5.74) is 2.95. The normalized spacial score (nSPS) is 17.2. The molecule has 0 bridgehead atoms. The van der Waals surface area contributed by atoms with Gasteiger partial charge in [0.05, 0.1) is 11.9 Å². The molecule has 0 spiro atoms. The fraction of sp³-hybridized carbons (Fsp3) is 0.182. The Morgan fingerprint density at radius 1 is 1.15 bits per heavy atom. The number of benzene rings is 2. The second-order valence-corrected chi connectivity index (χ2v) is 8.14. The van der Waals surface area contributed by atoms with Gasteiger partial charge in [0.1, 0.15) is 5.82 Å². The molecule has 5 rings (SSSR count). The second-order valence-electron chi connectivity index (χ2n) is 7.02. The van der Waals surface area contributed by atoms with Crippen LogP contribution in [0.2, 0.25) is 0 Å². The SMILES string of the molecule is CN1Cc2c(ccc(-c3cnccn3)c2F)C(c2cc3ccccc3s2)C1. The number of aromatic nitrogens is 2. The van der Waals surface area contributed by atoms with Gasteiger partial charge in [-0.05, 0) is 36.2 Å². The molecule has 134 valence electrons. The molecule has 0 saturated heterocycles. The van der Waals surface area contributed by atoms with E-state index in [-0.39, 0.29) is 11.7 Å². The zero-order valence-corrected chi connectivity index (χ0v) is 15.7. The summed E-state index contributed by atoms with van der Waals surface area (Å²) in [4.78, 5) is 11.8. The summed E-state index contributed by atoms with van der Waals surface area (Å²) in [6, 6.07) is 14.6. The number of likely N-dealkylation sites (N-methyl/N-ethyl adjacent to an activating group) is 1. The number of thiophene rings is 1. The first-order valence-electron chi connectivity index (χ1n) is 8.95. The highest BCUT2D eigenvalue weighted by atomic mass is 32.1. The van der Waals surface area contributed by atoms with E-state index in [9.17, 15) is 0 Å². The van der Waals surface area contributed by atoms with E-state index in [4.69, 9.17) is 0 Å². The molecule has 0 N–H and O–H groups in total. The molecule has 3 nitrogen and oxygen atoms in total. The topological polar surface area (TPSA) is 29.0 Å². The van der Waals surface area contributed by atoms with E-state index in [1.807, 2.05) is 6.07 Å². The first kappa shape index (κ1) is 16.5. The summed E-state index contributed by atoms with van der Waals surface area (Å²) in [7, 11) is 2.05. The number of hydrogen-bond acceptors (Lipinski definition) is 4. The molecule has 2 aromatic carbocycles. The summed E-state index contributed by atoms with van der Waals surface area (Å²) in [5, 5.41) is 1.25. The number of fused-ring (bicyclic) bond motifs is 2. The molecule has 0 saturated carbocycles. The molecule has 0 aliphatic carbocycles.